The maximum absolute atomic E-state index is 14.1. The highest BCUT2D eigenvalue weighted by molar-refractivity contribution is 14.0. The number of aliphatic imine (C=N–C) groups is 1. The molecule has 174 valence electrons. The van der Waals surface area contributed by atoms with Crippen LogP contribution in [-0.4, -0.2) is 70.8 Å². The third-order valence-electron chi connectivity index (χ3n) is 6.24. The fraction of sp³-hybridized carbons (Fsp3) is 0.458. The summed E-state index contributed by atoms with van der Waals surface area (Å²) in [5.41, 5.74) is 1.86. The number of methoxy groups -OCH3 is 1. The summed E-state index contributed by atoms with van der Waals surface area (Å²) >= 11 is 0. The van der Waals surface area contributed by atoms with E-state index in [4.69, 9.17) is 4.74 Å². The summed E-state index contributed by atoms with van der Waals surface area (Å²) < 4.78 is 19.6. The molecule has 2 fully saturated rings. The SMILES string of the molecule is CN=C(NCC1CCN(c2ccccc2OC)C1)N1CCN(c2ccccc2F)CC1.I. The molecule has 0 aromatic heterocycles. The lowest BCUT2D eigenvalue weighted by Crippen LogP contribution is -2.53. The Morgan fingerprint density at radius 2 is 1.69 bits per heavy atom. The first kappa shape index (κ1) is 24.4. The first-order valence-electron chi connectivity index (χ1n) is 11.0. The van der Waals surface area contributed by atoms with E-state index in [2.05, 4.69) is 37.1 Å². The molecular formula is C24H33FIN5O. The largest absolute Gasteiger partial charge is 0.495 e. The van der Waals surface area contributed by atoms with E-state index in [1.54, 1.807) is 13.2 Å². The van der Waals surface area contributed by atoms with Gasteiger partial charge in [-0.05, 0) is 36.6 Å². The number of hydrogen-bond donors (Lipinski definition) is 1. The number of rotatable bonds is 5. The van der Waals surface area contributed by atoms with Crippen molar-refractivity contribution in [2.24, 2.45) is 10.9 Å². The first-order chi connectivity index (χ1) is 15.2. The Kier molecular flexibility index (Phi) is 8.84. The van der Waals surface area contributed by atoms with Crippen molar-refractivity contribution < 1.29 is 9.13 Å². The fourth-order valence-corrected chi connectivity index (χ4v) is 4.54. The van der Waals surface area contributed by atoms with E-state index < -0.39 is 0 Å². The average molecular weight is 553 g/mol. The van der Waals surface area contributed by atoms with Gasteiger partial charge >= 0.3 is 0 Å². The summed E-state index contributed by atoms with van der Waals surface area (Å²) in [6.45, 7) is 6.15. The topological polar surface area (TPSA) is 43.3 Å². The second-order valence-corrected chi connectivity index (χ2v) is 8.13. The van der Waals surface area contributed by atoms with Crippen molar-refractivity contribution >= 4 is 41.3 Å². The van der Waals surface area contributed by atoms with Crippen molar-refractivity contribution in [3.05, 3.63) is 54.3 Å². The van der Waals surface area contributed by atoms with Gasteiger partial charge in [0.25, 0.3) is 0 Å². The van der Waals surface area contributed by atoms with E-state index in [1.165, 1.54) is 11.8 Å². The molecule has 0 amide bonds. The highest BCUT2D eigenvalue weighted by atomic mass is 127. The summed E-state index contributed by atoms with van der Waals surface area (Å²) in [7, 11) is 3.56. The van der Waals surface area contributed by atoms with Crippen molar-refractivity contribution in [3.8, 4) is 5.75 Å². The zero-order valence-corrected chi connectivity index (χ0v) is 21.2. The Morgan fingerprint density at radius 1 is 1.00 bits per heavy atom. The monoisotopic (exact) mass is 553 g/mol. The predicted molar refractivity (Wildman–Crippen MR) is 140 cm³/mol. The molecule has 8 heteroatoms. The van der Waals surface area contributed by atoms with Gasteiger partial charge in [0.2, 0.25) is 0 Å². The lowest BCUT2D eigenvalue weighted by atomic mass is 10.1. The van der Waals surface area contributed by atoms with Crippen molar-refractivity contribution in [1.82, 2.24) is 10.2 Å². The molecule has 2 saturated heterocycles. The van der Waals surface area contributed by atoms with Crippen LogP contribution in [0.25, 0.3) is 0 Å². The molecule has 1 atom stereocenters. The van der Waals surface area contributed by atoms with Crippen LogP contribution in [0.5, 0.6) is 5.75 Å². The molecule has 2 aliphatic rings. The van der Waals surface area contributed by atoms with Gasteiger partial charge in [0, 0.05) is 52.9 Å². The maximum atomic E-state index is 14.1. The normalized spacial score (nSPS) is 19.0. The third-order valence-corrected chi connectivity index (χ3v) is 6.24. The Hall–Kier alpha value is -2.23. The van der Waals surface area contributed by atoms with Crippen molar-refractivity contribution in [2.45, 2.75) is 6.42 Å². The fourth-order valence-electron chi connectivity index (χ4n) is 4.54. The lowest BCUT2D eigenvalue weighted by Gasteiger charge is -2.38. The second-order valence-electron chi connectivity index (χ2n) is 8.13. The number of guanidine groups is 1. The Bertz CT molecular complexity index is 903. The molecule has 0 spiro atoms. The van der Waals surface area contributed by atoms with E-state index >= 15 is 0 Å². The van der Waals surface area contributed by atoms with Crippen LogP contribution in [-0.2, 0) is 0 Å². The van der Waals surface area contributed by atoms with Crippen LogP contribution < -0.4 is 19.9 Å². The Labute approximate surface area is 207 Å². The summed E-state index contributed by atoms with van der Waals surface area (Å²) in [6, 6.07) is 15.2. The number of nitrogens with one attached hydrogen (secondary N) is 1. The third kappa shape index (κ3) is 5.57. The molecule has 0 bridgehead atoms. The molecule has 0 saturated carbocycles. The maximum Gasteiger partial charge on any atom is 0.193 e. The minimum absolute atomic E-state index is 0. The molecule has 2 aliphatic heterocycles. The van der Waals surface area contributed by atoms with Crippen LogP contribution in [0.4, 0.5) is 15.8 Å². The van der Waals surface area contributed by atoms with E-state index in [1.807, 2.05) is 31.3 Å². The van der Waals surface area contributed by atoms with Gasteiger partial charge in [-0.25, -0.2) is 4.39 Å². The molecular weight excluding hydrogens is 520 g/mol. The number of hydrogen-bond acceptors (Lipinski definition) is 4. The second kappa shape index (κ2) is 11.6. The van der Waals surface area contributed by atoms with Gasteiger partial charge in [0.05, 0.1) is 18.5 Å². The summed E-state index contributed by atoms with van der Waals surface area (Å²) in [4.78, 5) is 11.3. The van der Waals surface area contributed by atoms with Crippen LogP contribution in [0, 0.1) is 11.7 Å². The molecule has 4 rings (SSSR count). The molecule has 2 heterocycles. The smallest absolute Gasteiger partial charge is 0.193 e. The van der Waals surface area contributed by atoms with E-state index in [0.717, 1.165) is 63.9 Å². The highest BCUT2D eigenvalue weighted by Gasteiger charge is 2.26. The molecule has 0 radical (unpaired) electrons. The van der Waals surface area contributed by atoms with Gasteiger partial charge in [-0.2, -0.15) is 0 Å². The Balaban J connectivity index is 0.00000289. The standard InChI is InChI=1S/C24H32FN5O.HI/c1-26-24(29-15-13-28(14-16-29)21-8-4-3-7-20(21)25)27-17-19-11-12-30(18-19)22-9-5-6-10-23(22)31-2;/h3-10,19H,11-18H2,1-2H3,(H,26,27);1H. The quantitative estimate of drug-likeness (QED) is 0.348. The zero-order chi connectivity index (χ0) is 21.6. The number of nitrogens with zero attached hydrogens (tertiary/aromatic N) is 4. The summed E-state index contributed by atoms with van der Waals surface area (Å²) in [6.07, 6.45) is 1.14. The van der Waals surface area contributed by atoms with E-state index in [0.29, 0.717) is 11.6 Å². The van der Waals surface area contributed by atoms with Crippen LogP contribution >= 0.6 is 24.0 Å². The van der Waals surface area contributed by atoms with Gasteiger partial charge in [-0.3, -0.25) is 4.99 Å². The number of halogens is 2. The minimum Gasteiger partial charge on any atom is -0.495 e. The molecule has 32 heavy (non-hydrogen) atoms. The van der Waals surface area contributed by atoms with E-state index in [9.17, 15) is 4.39 Å². The van der Waals surface area contributed by atoms with E-state index in [-0.39, 0.29) is 29.8 Å². The van der Waals surface area contributed by atoms with Crippen LogP contribution in [0.2, 0.25) is 0 Å². The molecule has 2 aromatic carbocycles. The average Bonchev–Trinajstić information content (AvgIpc) is 3.29. The van der Waals surface area contributed by atoms with Gasteiger partial charge < -0.3 is 24.8 Å². The lowest BCUT2D eigenvalue weighted by molar-refractivity contribution is 0.367. The number of para-hydroxylation sites is 3. The van der Waals surface area contributed by atoms with Crippen LogP contribution in [0.1, 0.15) is 6.42 Å². The highest BCUT2D eigenvalue weighted by Crippen LogP contribution is 2.31. The zero-order valence-electron chi connectivity index (χ0n) is 18.8. The number of ether oxygens (including phenoxy) is 1. The molecule has 2 aromatic rings. The molecule has 1 unspecified atom stereocenters. The van der Waals surface area contributed by atoms with Gasteiger partial charge in [0.15, 0.2) is 5.96 Å². The van der Waals surface area contributed by atoms with Crippen molar-refractivity contribution in [1.29, 1.82) is 0 Å². The summed E-state index contributed by atoms with van der Waals surface area (Å²) in [5.74, 6) is 2.27. The molecule has 1 N–H and O–H groups in total. The van der Waals surface area contributed by atoms with Gasteiger partial charge in [-0.15, -0.1) is 24.0 Å². The molecule has 6 nitrogen and oxygen atoms in total. The predicted octanol–water partition coefficient (Wildman–Crippen LogP) is 3.68. The van der Waals surface area contributed by atoms with Crippen LogP contribution in [0.3, 0.4) is 0 Å². The van der Waals surface area contributed by atoms with Crippen LogP contribution in [0.15, 0.2) is 53.5 Å². The summed E-state index contributed by atoms with van der Waals surface area (Å²) in [5, 5.41) is 3.57. The number of benzene rings is 2. The molecule has 0 aliphatic carbocycles. The van der Waals surface area contributed by atoms with Crippen molar-refractivity contribution in [2.75, 3.05) is 69.8 Å². The van der Waals surface area contributed by atoms with Gasteiger partial charge in [0.1, 0.15) is 11.6 Å². The first-order valence-corrected chi connectivity index (χ1v) is 11.0. The Morgan fingerprint density at radius 3 is 2.38 bits per heavy atom. The van der Waals surface area contributed by atoms with Crippen molar-refractivity contribution in [3.63, 3.8) is 0 Å². The minimum atomic E-state index is -0.153. The number of anilines is 2. The van der Waals surface area contributed by atoms with Gasteiger partial charge in [-0.1, -0.05) is 24.3 Å². The number of piperazine rings is 1.